The second-order valence-electron chi connectivity index (χ2n) is 5.54. The van der Waals surface area contributed by atoms with Gasteiger partial charge in [0.1, 0.15) is 28.7 Å². The van der Waals surface area contributed by atoms with E-state index in [0.717, 1.165) is 0 Å². The van der Waals surface area contributed by atoms with Gasteiger partial charge in [-0.05, 0) is 18.2 Å². The fraction of sp³-hybridized carbons (Fsp3) is 0.0556. The van der Waals surface area contributed by atoms with E-state index in [4.69, 9.17) is 5.73 Å². The van der Waals surface area contributed by atoms with E-state index in [1.54, 1.807) is 36.4 Å². The summed E-state index contributed by atoms with van der Waals surface area (Å²) in [6, 6.07) is 12.5. The Bertz CT molecular complexity index is 1070. The molecule has 0 aliphatic rings. The molecule has 2 heterocycles. The van der Waals surface area contributed by atoms with Crippen molar-refractivity contribution in [1.29, 1.82) is 0 Å². The number of rotatable bonds is 3. The predicted octanol–water partition coefficient (Wildman–Crippen LogP) is 3.40. The van der Waals surface area contributed by atoms with Gasteiger partial charge in [-0.1, -0.05) is 30.3 Å². The molecule has 124 valence electrons. The minimum Gasteiger partial charge on any atom is -0.384 e. The molecule has 5 nitrogen and oxygen atoms in total. The topological polar surface area (TPSA) is 69.6 Å². The number of nitrogen functional groups attached to an aromatic ring is 1. The van der Waals surface area contributed by atoms with Gasteiger partial charge in [0.25, 0.3) is 0 Å². The third-order valence-corrected chi connectivity index (χ3v) is 3.89. The molecule has 0 spiro atoms. The maximum absolute atomic E-state index is 14.4. The Kier molecular flexibility index (Phi) is 3.61. The molecule has 2 aromatic heterocycles. The summed E-state index contributed by atoms with van der Waals surface area (Å²) >= 11 is 0. The van der Waals surface area contributed by atoms with E-state index in [0.29, 0.717) is 28.3 Å². The molecule has 25 heavy (non-hydrogen) atoms. The Morgan fingerprint density at radius 1 is 0.960 bits per heavy atom. The Labute approximate surface area is 141 Å². The molecule has 0 amide bonds. The van der Waals surface area contributed by atoms with Crippen molar-refractivity contribution in [1.82, 2.24) is 19.7 Å². The van der Waals surface area contributed by atoms with Gasteiger partial charge in [-0.3, -0.25) is 4.68 Å². The predicted molar refractivity (Wildman–Crippen MR) is 90.6 cm³/mol. The quantitative estimate of drug-likeness (QED) is 0.622. The van der Waals surface area contributed by atoms with Crippen LogP contribution in [0.4, 0.5) is 14.6 Å². The van der Waals surface area contributed by atoms with Gasteiger partial charge in [-0.15, -0.1) is 0 Å². The Morgan fingerprint density at radius 2 is 1.76 bits per heavy atom. The molecule has 0 radical (unpaired) electrons. The Balaban J connectivity index is 1.92. The molecule has 0 unspecified atom stereocenters. The molecule has 0 fully saturated rings. The highest BCUT2D eigenvalue weighted by Crippen LogP contribution is 2.28. The highest BCUT2D eigenvalue weighted by molar-refractivity contribution is 5.92. The summed E-state index contributed by atoms with van der Waals surface area (Å²) in [6.45, 7) is 0.0897. The molecule has 7 heteroatoms. The van der Waals surface area contributed by atoms with E-state index in [-0.39, 0.29) is 17.9 Å². The summed E-state index contributed by atoms with van der Waals surface area (Å²) in [7, 11) is 0. The number of nitrogens with zero attached hydrogens (tertiary/aromatic N) is 4. The second kappa shape index (κ2) is 5.94. The lowest BCUT2D eigenvalue weighted by molar-refractivity contribution is 0.581. The molecule has 4 rings (SSSR count). The minimum atomic E-state index is -0.448. The third-order valence-electron chi connectivity index (χ3n) is 3.89. The van der Waals surface area contributed by atoms with Crippen molar-refractivity contribution in [3.05, 3.63) is 71.9 Å². The number of aromatic nitrogens is 4. The van der Waals surface area contributed by atoms with Crippen LogP contribution in [0.15, 0.2) is 54.7 Å². The molecule has 0 aliphatic carbocycles. The summed E-state index contributed by atoms with van der Waals surface area (Å²) in [4.78, 5) is 8.32. The first-order valence-corrected chi connectivity index (χ1v) is 7.61. The van der Waals surface area contributed by atoms with Crippen LogP contribution in [0.25, 0.3) is 22.4 Å². The zero-order valence-electron chi connectivity index (χ0n) is 13.0. The van der Waals surface area contributed by atoms with Gasteiger partial charge >= 0.3 is 0 Å². The van der Waals surface area contributed by atoms with Crippen LogP contribution < -0.4 is 5.73 Å². The standard InChI is InChI=1S/C18H13F2N5/c19-13-6-2-1-4-11(13)10-25-17-12(5-3-7-14(17)20)16(24-25)18-22-9-8-15(21)23-18/h1-9H,10H2,(H2,21,22,23). The largest absolute Gasteiger partial charge is 0.384 e. The van der Waals surface area contributed by atoms with E-state index < -0.39 is 5.82 Å². The maximum Gasteiger partial charge on any atom is 0.182 e. The van der Waals surface area contributed by atoms with E-state index in [1.807, 2.05) is 0 Å². The van der Waals surface area contributed by atoms with Crippen LogP contribution in [0.1, 0.15) is 5.56 Å². The first-order chi connectivity index (χ1) is 12.1. The number of hydrogen-bond donors (Lipinski definition) is 1. The van der Waals surface area contributed by atoms with Crippen LogP contribution in [0.3, 0.4) is 0 Å². The van der Waals surface area contributed by atoms with Crippen molar-refractivity contribution >= 4 is 16.7 Å². The molecule has 0 aliphatic heterocycles. The lowest BCUT2D eigenvalue weighted by Gasteiger charge is -2.05. The molecule has 0 saturated carbocycles. The SMILES string of the molecule is Nc1ccnc(-c2nn(Cc3ccccc3F)c3c(F)cccc23)n1. The highest BCUT2D eigenvalue weighted by atomic mass is 19.1. The first-order valence-electron chi connectivity index (χ1n) is 7.61. The number of para-hydroxylation sites is 1. The summed E-state index contributed by atoms with van der Waals surface area (Å²) in [5, 5.41) is 4.97. The molecule has 2 N–H and O–H groups in total. The van der Waals surface area contributed by atoms with Crippen molar-refractivity contribution in [2.45, 2.75) is 6.54 Å². The van der Waals surface area contributed by atoms with Crippen LogP contribution in [0.5, 0.6) is 0 Å². The number of benzene rings is 2. The molecule has 4 aromatic rings. The molecule has 0 atom stereocenters. The van der Waals surface area contributed by atoms with E-state index in [9.17, 15) is 8.78 Å². The number of anilines is 1. The van der Waals surface area contributed by atoms with E-state index >= 15 is 0 Å². The minimum absolute atomic E-state index is 0.0897. The Morgan fingerprint density at radius 3 is 2.56 bits per heavy atom. The summed E-state index contributed by atoms with van der Waals surface area (Å²) in [5.74, 6) is -0.234. The van der Waals surface area contributed by atoms with E-state index in [2.05, 4.69) is 15.1 Å². The smallest absolute Gasteiger partial charge is 0.182 e. The van der Waals surface area contributed by atoms with Crippen molar-refractivity contribution in [3.8, 4) is 11.5 Å². The summed E-state index contributed by atoms with van der Waals surface area (Å²) in [6.07, 6.45) is 1.51. The zero-order chi connectivity index (χ0) is 17.4. The lowest BCUT2D eigenvalue weighted by Crippen LogP contribution is -2.05. The fourth-order valence-electron chi connectivity index (χ4n) is 2.75. The van der Waals surface area contributed by atoms with Crippen molar-refractivity contribution in [2.75, 3.05) is 5.73 Å². The highest BCUT2D eigenvalue weighted by Gasteiger charge is 2.18. The Hall–Kier alpha value is -3.35. The van der Waals surface area contributed by atoms with Gasteiger partial charge < -0.3 is 5.73 Å². The summed E-state index contributed by atoms with van der Waals surface area (Å²) < 4.78 is 29.8. The van der Waals surface area contributed by atoms with Crippen LogP contribution in [-0.4, -0.2) is 19.7 Å². The second-order valence-corrected chi connectivity index (χ2v) is 5.54. The van der Waals surface area contributed by atoms with Crippen LogP contribution in [0, 0.1) is 11.6 Å². The number of fused-ring (bicyclic) bond motifs is 1. The van der Waals surface area contributed by atoms with Gasteiger partial charge in [0.15, 0.2) is 5.82 Å². The fourth-order valence-corrected chi connectivity index (χ4v) is 2.75. The van der Waals surface area contributed by atoms with Crippen LogP contribution in [0.2, 0.25) is 0 Å². The molecular weight excluding hydrogens is 324 g/mol. The average Bonchev–Trinajstić information content (AvgIpc) is 2.97. The first kappa shape index (κ1) is 15.2. The van der Waals surface area contributed by atoms with Gasteiger partial charge in [0.2, 0.25) is 0 Å². The average molecular weight is 337 g/mol. The monoisotopic (exact) mass is 337 g/mol. The molecular formula is C18H13F2N5. The number of halogens is 2. The molecule has 2 aromatic carbocycles. The van der Waals surface area contributed by atoms with Gasteiger partial charge in [0.05, 0.1) is 6.54 Å². The van der Waals surface area contributed by atoms with Crippen molar-refractivity contribution < 1.29 is 8.78 Å². The molecule has 0 bridgehead atoms. The van der Waals surface area contributed by atoms with Gasteiger partial charge in [-0.25, -0.2) is 18.7 Å². The zero-order valence-corrected chi connectivity index (χ0v) is 13.0. The number of nitrogens with two attached hydrogens (primary N) is 1. The lowest BCUT2D eigenvalue weighted by atomic mass is 10.2. The van der Waals surface area contributed by atoms with Gasteiger partial charge in [-0.2, -0.15) is 5.10 Å². The number of hydrogen-bond acceptors (Lipinski definition) is 4. The van der Waals surface area contributed by atoms with Crippen LogP contribution in [-0.2, 0) is 6.54 Å². The summed E-state index contributed by atoms with van der Waals surface area (Å²) in [5.41, 5.74) is 6.79. The van der Waals surface area contributed by atoms with Gasteiger partial charge in [0, 0.05) is 17.1 Å². The van der Waals surface area contributed by atoms with E-state index in [1.165, 1.54) is 23.0 Å². The van der Waals surface area contributed by atoms with Crippen molar-refractivity contribution in [2.24, 2.45) is 0 Å². The molecule has 0 saturated heterocycles. The third kappa shape index (κ3) is 2.69. The van der Waals surface area contributed by atoms with Crippen LogP contribution >= 0.6 is 0 Å². The maximum atomic E-state index is 14.4. The van der Waals surface area contributed by atoms with Crippen molar-refractivity contribution in [3.63, 3.8) is 0 Å². The normalized spacial score (nSPS) is 11.1.